The fraction of sp³-hybridized carbons (Fsp3) is 0.0952. The van der Waals surface area contributed by atoms with Gasteiger partial charge in [0.05, 0.1) is 30.1 Å². The molecule has 0 fully saturated rings. The van der Waals surface area contributed by atoms with Crippen LogP contribution in [-0.2, 0) is 0 Å². The van der Waals surface area contributed by atoms with Gasteiger partial charge >= 0.3 is 0 Å². The van der Waals surface area contributed by atoms with Gasteiger partial charge in [-0.25, -0.2) is 4.68 Å². The highest BCUT2D eigenvalue weighted by Gasteiger charge is 2.07. The molecular formula is C21H17BrN4S. The van der Waals surface area contributed by atoms with Crippen LogP contribution in [0.25, 0.3) is 11.3 Å². The maximum Gasteiger partial charge on any atom is 0.206 e. The number of benzene rings is 2. The molecule has 27 heavy (non-hydrogen) atoms. The first-order valence-electron chi connectivity index (χ1n) is 8.22. The van der Waals surface area contributed by atoms with E-state index in [0.717, 1.165) is 31.7 Å². The Labute approximate surface area is 170 Å². The number of rotatable bonds is 5. The van der Waals surface area contributed by atoms with E-state index in [1.165, 1.54) is 0 Å². The smallest absolute Gasteiger partial charge is 0.206 e. The van der Waals surface area contributed by atoms with Crippen LogP contribution in [0.15, 0.2) is 80.6 Å². The summed E-state index contributed by atoms with van der Waals surface area (Å²) in [5.74, 6) is 0. The SMILES string of the molecule is C=C(C)CN=c1scc(-c2ccc(Br)cc2)n1N=Cc1ccc(C#N)cc1. The van der Waals surface area contributed by atoms with Crippen molar-refractivity contribution < 1.29 is 0 Å². The van der Waals surface area contributed by atoms with E-state index < -0.39 is 0 Å². The molecule has 134 valence electrons. The maximum atomic E-state index is 8.92. The van der Waals surface area contributed by atoms with Gasteiger partial charge in [0.1, 0.15) is 0 Å². The van der Waals surface area contributed by atoms with Crippen LogP contribution in [0.4, 0.5) is 0 Å². The number of nitrogens with zero attached hydrogens (tertiary/aromatic N) is 4. The summed E-state index contributed by atoms with van der Waals surface area (Å²) in [6, 6.07) is 17.5. The Morgan fingerprint density at radius 3 is 2.56 bits per heavy atom. The van der Waals surface area contributed by atoms with Gasteiger partial charge in [-0.3, -0.25) is 4.99 Å². The van der Waals surface area contributed by atoms with Gasteiger partial charge in [-0.2, -0.15) is 10.4 Å². The lowest BCUT2D eigenvalue weighted by molar-refractivity contribution is 0.836. The van der Waals surface area contributed by atoms with Crippen LogP contribution in [0.3, 0.4) is 0 Å². The fourth-order valence-electron chi connectivity index (χ4n) is 2.31. The number of thiazole rings is 1. The van der Waals surface area contributed by atoms with Crippen molar-refractivity contribution >= 4 is 33.5 Å². The van der Waals surface area contributed by atoms with Crippen LogP contribution in [0, 0.1) is 11.3 Å². The van der Waals surface area contributed by atoms with E-state index in [9.17, 15) is 0 Å². The first-order chi connectivity index (χ1) is 13.1. The topological polar surface area (TPSA) is 53.4 Å². The molecule has 0 aliphatic rings. The van der Waals surface area contributed by atoms with E-state index in [0.29, 0.717) is 12.1 Å². The standard InChI is InChI=1S/C21H17BrN4S/c1-15(2)12-24-21-26(25-13-17-5-3-16(11-23)4-6-17)20(14-27-21)18-7-9-19(22)10-8-18/h3-10,13-14H,1,12H2,2H3. The zero-order valence-electron chi connectivity index (χ0n) is 14.8. The quantitative estimate of drug-likeness (QED) is 0.399. The van der Waals surface area contributed by atoms with Crippen LogP contribution in [0.1, 0.15) is 18.1 Å². The molecule has 0 aliphatic heterocycles. The number of hydrogen-bond acceptors (Lipinski definition) is 4. The molecule has 1 heterocycles. The van der Waals surface area contributed by atoms with Crippen molar-refractivity contribution in [1.82, 2.24) is 4.68 Å². The van der Waals surface area contributed by atoms with Crippen molar-refractivity contribution in [3.05, 3.63) is 86.5 Å². The third-order valence-corrected chi connectivity index (χ3v) is 5.05. The molecule has 2 aromatic carbocycles. The molecule has 0 saturated carbocycles. The van der Waals surface area contributed by atoms with Crippen molar-refractivity contribution in [2.24, 2.45) is 10.1 Å². The van der Waals surface area contributed by atoms with Crippen LogP contribution in [-0.4, -0.2) is 17.4 Å². The average Bonchev–Trinajstić information content (AvgIpc) is 3.08. The van der Waals surface area contributed by atoms with Crippen LogP contribution >= 0.6 is 27.3 Å². The normalized spacial score (nSPS) is 11.7. The molecule has 1 aromatic heterocycles. The Balaban J connectivity index is 2.04. The minimum atomic E-state index is 0.562. The zero-order chi connectivity index (χ0) is 19.2. The molecule has 0 unspecified atom stereocenters. The Morgan fingerprint density at radius 1 is 1.22 bits per heavy atom. The van der Waals surface area contributed by atoms with Crippen molar-refractivity contribution in [2.45, 2.75) is 6.92 Å². The summed E-state index contributed by atoms with van der Waals surface area (Å²) in [5.41, 5.74) is 4.57. The molecule has 0 radical (unpaired) electrons. The van der Waals surface area contributed by atoms with Gasteiger partial charge in [0.2, 0.25) is 4.80 Å². The highest BCUT2D eigenvalue weighted by molar-refractivity contribution is 9.10. The second-order valence-corrected chi connectivity index (χ2v) is 7.73. The highest BCUT2D eigenvalue weighted by atomic mass is 79.9. The van der Waals surface area contributed by atoms with Crippen LogP contribution < -0.4 is 4.80 Å². The van der Waals surface area contributed by atoms with Crippen molar-refractivity contribution in [2.75, 3.05) is 6.54 Å². The third-order valence-electron chi connectivity index (χ3n) is 3.67. The first kappa shape index (κ1) is 19.0. The zero-order valence-corrected chi connectivity index (χ0v) is 17.2. The summed E-state index contributed by atoms with van der Waals surface area (Å²) < 4.78 is 2.87. The van der Waals surface area contributed by atoms with E-state index in [2.05, 4.69) is 44.1 Å². The van der Waals surface area contributed by atoms with Crippen molar-refractivity contribution in [1.29, 1.82) is 5.26 Å². The van der Waals surface area contributed by atoms with Crippen LogP contribution in [0.5, 0.6) is 0 Å². The predicted molar refractivity (Wildman–Crippen MR) is 115 cm³/mol. The van der Waals surface area contributed by atoms with E-state index >= 15 is 0 Å². The van der Waals surface area contributed by atoms with Gasteiger partial charge in [0.15, 0.2) is 0 Å². The molecule has 0 saturated heterocycles. The lowest BCUT2D eigenvalue weighted by atomic mass is 10.2. The maximum absolute atomic E-state index is 8.92. The first-order valence-corrected chi connectivity index (χ1v) is 9.90. The van der Waals surface area contributed by atoms with Gasteiger partial charge in [-0.15, -0.1) is 11.3 Å². The summed E-state index contributed by atoms with van der Waals surface area (Å²) in [4.78, 5) is 5.43. The molecule has 0 amide bonds. The minimum absolute atomic E-state index is 0.562. The molecule has 0 spiro atoms. The second-order valence-electron chi connectivity index (χ2n) is 5.97. The van der Waals surface area contributed by atoms with Gasteiger partial charge in [0, 0.05) is 15.4 Å². The predicted octanol–water partition coefficient (Wildman–Crippen LogP) is 5.21. The summed E-state index contributed by atoms with van der Waals surface area (Å²) in [6.07, 6.45) is 1.77. The molecule has 4 nitrogen and oxygen atoms in total. The van der Waals surface area contributed by atoms with Gasteiger partial charge in [0.25, 0.3) is 0 Å². The Hall–Kier alpha value is -2.75. The lowest BCUT2D eigenvalue weighted by Crippen LogP contribution is -2.13. The molecule has 6 heteroatoms. The Morgan fingerprint density at radius 2 is 1.93 bits per heavy atom. The molecule has 3 rings (SSSR count). The fourth-order valence-corrected chi connectivity index (χ4v) is 3.41. The van der Waals surface area contributed by atoms with E-state index in [1.807, 2.05) is 48.0 Å². The number of nitriles is 1. The van der Waals surface area contributed by atoms with Gasteiger partial charge < -0.3 is 0 Å². The lowest BCUT2D eigenvalue weighted by Gasteiger charge is -2.04. The third kappa shape index (κ3) is 4.91. The molecule has 0 N–H and O–H groups in total. The Kier molecular flexibility index (Phi) is 6.17. The highest BCUT2D eigenvalue weighted by Crippen LogP contribution is 2.22. The Bertz CT molecular complexity index is 1080. The van der Waals surface area contributed by atoms with Gasteiger partial charge in [-0.05, 0) is 36.8 Å². The minimum Gasteiger partial charge on any atom is -0.253 e. The van der Waals surface area contributed by atoms with Crippen molar-refractivity contribution in [3.8, 4) is 17.3 Å². The number of hydrogen-bond donors (Lipinski definition) is 0. The van der Waals surface area contributed by atoms with E-state index in [-0.39, 0.29) is 0 Å². The average molecular weight is 437 g/mol. The van der Waals surface area contributed by atoms with Crippen molar-refractivity contribution in [3.63, 3.8) is 0 Å². The summed E-state index contributed by atoms with van der Waals surface area (Å²) in [7, 11) is 0. The monoisotopic (exact) mass is 436 g/mol. The molecule has 0 aliphatic carbocycles. The van der Waals surface area contributed by atoms with Gasteiger partial charge in [-0.1, -0.05) is 52.3 Å². The molecule has 3 aromatic rings. The van der Waals surface area contributed by atoms with E-state index in [4.69, 9.17) is 5.26 Å². The summed E-state index contributed by atoms with van der Waals surface area (Å²) in [5, 5.41) is 15.6. The number of halogens is 1. The number of aromatic nitrogens is 1. The van der Waals surface area contributed by atoms with E-state index in [1.54, 1.807) is 29.7 Å². The largest absolute Gasteiger partial charge is 0.253 e. The molecule has 0 bridgehead atoms. The molecule has 0 atom stereocenters. The summed E-state index contributed by atoms with van der Waals surface area (Å²) in [6.45, 7) is 6.43. The molecular weight excluding hydrogens is 420 g/mol. The summed E-state index contributed by atoms with van der Waals surface area (Å²) >= 11 is 5.02. The van der Waals surface area contributed by atoms with Crippen LogP contribution in [0.2, 0.25) is 0 Å². The second kappa shape index (κ2) is 8.76.